The fourth-order valence-electron chi connectivity index (χ4n) is 2.56. The van der Waals surface area contributed by atoms with E-state index in [1.807, 2.05) is 26.8 Å². The van der Waals surface area contributed by atoms with E-state index in [-0.39, 0.29) is 6.61 Å². The maximum atomic E-state index is 12.3. The predicted octanol–water partition coefficient (Wildman–Crippen LogP) is 4.73. The second-order valence-electron chi connectivity index (χ2n) is 6.06. The molecule has 0 aliphatic heterocycles. The maximum Gasteiger partial charge on any atom is 0.338 e. The van der Waals surface area contributed by atoms with Crippen LogP contribution in [0.2, 0.25) is 5.02 Å². The summed E-state index contributed by atoms with van der Waals surface area (Å²) in [7, 11) is 0. The first kappa shape index (κ1) is 17.2. The zero-order chi connectivity index (χ0) is 18.1. The third kappa shape index (κ3) is 3.59. The standard InChI is InChI=1S/C20H17ClO4/c1-11-4-5-14(6-12(11)2)20(23)24-10-15-8-19(22)25-18-7-13(3)17(21)9-16(15)18/h4-9H,10H2,1-3H3. The monoisotopic (exact) mass is 356 g/mol. The molecule has 0 radical (unpaired) electrons. The number of carbonyl (C=O) groups is 1. The van der Waals surface area contributed by atoms with E-state index in [1.54, 1.807) is 24.3 Å². The molecule has 1 heterocycles. The van der Waals surface area contributed by atoms with Crippen molar-refractivity contribution in [3.8, 4) is 0 Å². The van der Waals surface area contributed by atoms with Crippen LogP contribution in [0.4, 0.5) is 0 Å². The van der Waals surface area contributed by atoms with Gasteiger partial charge in [0.25, 0.3) is 0 Å². The zero-order valence-electron chi connectivity index (χ0n) is 14.2. The molecule has 0 fully saturated rings. The summed E-state index contributed by atoms with van der Waals surface area (Å²) >= 11 is 6.16. The molecule has 5 heteroatoms. The Morgan fingerprint density at radius 1 is 1.04 bits per heavy atom. The summed E-state index contributed by atoms with van der Waals surface area (Å²) in [6.45, 7) is 5.71. The van der Waals surface area contributed by atoms with Gasteiger partial charge in [-0.2, -0.15) is 0 Å². The van der Waals surface area contributed by atoms with E-state index in [0.717, 1.165) is 16.7 Å². The van der Waals surface area contributed by atoms with Crippen LogP contribution in [-0.4, -0.2) is 5.97 Å². The van der Waals surface area contributed by atoms with E-state index < -0.39 is 11.6 Å². The fourth-order valence-corrected chi connectivity index (χ4v) is 2.73. The Morgan fingerprint density at radius 2 is 1.80 bits per heavy atom. The van der Waals surface area contributed by atoms with Crippen LogP contribution in [0.25, 0.3) is 11.0 Å². The molecular weight excluding hydrogens is 340 g/mol. The van der Waals surface area contributed by atoms with Crippen molar-refractivity contribution in [1.82, 2.24) is 0 Å². The number of ether oxygens (including phenoxy) is 1. The van der Waals surface area contributed by atoms with Crippen LogP contribution in [0.5, 0.6) is 0 Å². The van der Waals surface area contributed by atoms with Gasteiger partial charge in [0.05, 0.1) is 5.56 Å². The fraction of sp³-hybridized carbons (Fsp3) is 0.200. The summed E-state index contributed by atoms with van der Waals surface area (Å²) in [5.41, 5.74) is 3.89. The van der Waals surface area contributed by atoms with Crippen molar-refractivity contribution in [3.05, 3.63) is 79.7 Å². The molecule has 0 saturated heterocycles. The Bertz CT molecular complexity index is 1030. The minimum Gasteiger partial charge on any atom is -0.457 e. The van der Waals surface area contributed by atoms with Crippen LogP contribution in [0, 0.1) is 20.8 Å². The van der Waals surface area contributed by atoms with Crippen molar-refractivity contribution in [1.29, 1.82) is 0 Å². The van der Waals surface area contributed by atoms with Crippen LogP contribution in [0.3, 0.4) is 0 Å². The van der Waals surface area contributed by atoms with Gasteiger partial charge in [-0.3, -0.25) is 0 Å². The summed E-state index contributed by atoms with van der Waals surface area (Å²) in [4.78, 5) is 24.0. The maximum absolute atomic E-state index is 12.3. The zero-order valence-corrected chi connectivity index (χ0v) is 14.9. The summed E-state index contributed by atoms with van der Waals surface area (Å²) in [5, 5.41) is 1.21. The Kier molecular flexibility index (Phi) is 4.64. The lowest BCUT2D eigenvalue weighted by molar-refractivity contribution is 0.0473. The van der Waals surface area contributed by atoms with E-state index >= 15 is 0 Å². The molecule has 0 amide bonds. The Morgan fingerprint density at radius 3 is 2.52 bits per heavy atom. The minimum absolute atomic E-state index is 0.0345. The van der Waals surface area contributed by atoms with Crippen LogP contribution < -0.4 is 5.63 Å². The first-order valence-corrected chi connectivity index (χ1v) is 8.20. The average Bonchev–Trinajstić information content (AvgIpc) is 2.56. The average molecular weight is 357 g/mol. The molecule has 0 bridgehead atoms. The van der Waals surface area contributed by atoms with Crippen molar-refractivity contribution >= 4 is 28.5 Å². The molecule has 3 aromatic rings. The molecule has 0 saturated carbocycles. The van der Waals surface area contributed by atoms with Gasteiger partial charge in [0.15, 0.2) is 0 Å². The van der Waals surface area contributed by atoms with Gasteiger partial charge in [-0.05, 0) is 61.7 Å². The second-order valence-corrected chi connectivity index (χ2v) is 6.47. The molecule has 0 spiro atoms. The van der Waals surface area contributed by atoms with Crippen molar-refractivity contribution < 1.29 is 13.9 Å². The van der Waals surface area contributed by atoms with Gasteiger partial charge in [-0.25, -0.2) is 9.59 Å². The first-order chi connectivity index (χ1) is 11.8. The van der Waals surface area contributed by atoms with Crippen LogP contribution in [0.1, 0.15) is 32.6 Å². The molecule has 0 unspecified atom stereocenters. The molecule has 0 N–H and O–H groups in total. The topological polar surface area (TPSA) is 56.5 Å². The highest BCUT2D eigenvalue weighted by molar-refractivity contribution is 6.32. The SMILES string of the molecule is Cc1ccc(C(=O)OCc2cc(=O)oc3cc(C)c(Cl)cc23)cc1C. The summed E-state index contributed by atoms with van der Waals surface area (Å²) in [6, 6.07) is 10.1. The smallest absolute Gasteiger partial charge is 0.338 e. The van der Waals surface area contributed by atoms with E-state index in [4.69, 9.17) is 20.8 Å². The number of aryl methyl sites for hydroxylation is 3. The summed E-state index contributed by atoms with van der Waals surface area (Å²) in [5.74, 6) is -0.442. The Labute approximate surface area is 150 Å². The Balaban J connectivity index is 1.90. The molecule has 0 aliphatic rings. The molecule has 128 valence electrons. The number of carbonyl (C=O) groups excluding carboxylic acids is 1. The molecule has 1 aromatic heterocycles. The summed E-state index contributed by atoms with van der Waals surface area (Å²) < 4.78 is 10.6. The van der Waals surface area contributed by atoms with Gasteiger partial charge in [0.1, 0.15) is 12.2 Å². The molecule has 3 rings (SSSR count). The van der Waals surface area contributed by atoms with Crippen molar-refractivity contribution in [2.24, 2.45) is 0 Å². The van der Waals surface area contributed by atoms with Crippen LogP contribution >= 0.6 is 11.6 Å². The summed E-state index contributed by atoms with van der Waals surface area (Å²) in [6.07, 6.45) is 0. The molecular formula is C20H17ClO4. The van der Waals surface area contributed by atoms with Gasteiger partial charge in [-0.1, -0.05) is 17.7 Å². The lowest BCUT2D eigenvalue weighted by Crippen LogP contribution is -2.08. The van der Waals surface area contributed by atoms with Gasteiger partial charge in [-0.15, -0.1) is 0 Å². The number of fused-ring (bicyclic) bond motifs is 1. The van der Waals surface area contributed by atoms with E-state index in [0.29, 0.717) is 27.1 Å². The van der Waals surface area contributed by atoms with Crippen molar-refractivity contribution in [2.45, 2.75) is 27.4 Å². The van der Waals surface area contributed by atoms with Crippen LogP contribution in [0.15, 0.2) is 45.6 Å². The highest BCUT2D eigenvalue weighted by Crippen LogP contribution is 2.25. The minimum atomic E-state index is -0.494. The highest BCUT2D eigenvalue weighted by Gasteiger charge is 2.12. The molecule has 2 aromatic carbocycles. The Hall–Kier alpha value is -2.59. The van der Waals surface area contributed by atoms with Crippen molar-refractivity contribution in [3.63, 3.8) is 0 Å². The molecule has 0 atom stereocenters. The van der Waals surface area contributed by atoms with Crippen molar-refractivity contribution in [2.75, 3.05) is 0 Å². The normalized spacial score (nSPS) is 10.9. The van der Waals surface area contributed by atoms with E-state index in [2.05, 4.69) is 0 Å². The lowest BCUT2D eigenvalue weighted by atomic mass is 10.1. The van der Waals surface area contributed by atoms with Gasteiger partial charge in [0, 0.05) is 22.0 Å². The molecule has 25 heavy (non-hydrogen) atoms. The third-order valence-electron chi connectivity index (χ3n) is 4.21. The predicted molar refractivity (Wildman–Crippen MR) is 97.3 cm³/mol. The number of hydrogen-bond acceptors (Lipinski definition) is 4. The quantitative estimate of drug-likeness (QED) is 0.503. The lowest BCUT2D eigenvalue weighted by Gasteiger charge is -2.09. The van der Waals surface area contributed by atoms with Gasteiger partial charge in [0.2, 0.25) is 0 Å². The second kappa shape index (κ2) is 6.73. The molecule has 4 nitrogen and oxygen atoms in total. The number of halogens is 1. The first-order valence-electron chi connectivity index (χ1n) is 7.82. The highest BCUT2D eigenvalue weighted by atomic mass is 35.5. The third-order valence-corrected chi connectivity index (χ3v) is 4.62. The van der Waals surface area contributed by atoms with Gasteiger partial charge < -0.3 is 9.15 Å². The van der Waals surface area contributed by atoms with E-state index in [9.17, 15) is 9.59 Å². The van der Waals surface area contributed by atoms with E-state index in [1.165, 1.54) is 6.07 Å². The number of hydrogen-bond donors (Lipinski definition) is 0. The number of rotatable bonds is 3. The largest absolute Gasteiger partial charge is 0.457 e. The number of benzene rings is 2. The number of esters is 1. The van der Waals surface area contributed by atoms with Gasteiger partial charge >= 0.3 is 11.6 Å². The molecule has 0 aliphatic carbocycles. The van der Waals surface area contributed by atoms with Crippen LogP contribution in [-0.2, 0) is 11.3 Å².